The Labute approximate surface area is 193 Å². The molecule has 0 fully saturated rings. The van der Waals surface area contributed by atoms with Crippen molar-refractivity contribution in [1.29, 1.82) is 0 Å². The van der Waals surface area contributed by atoms with Crippen LogP contribution in [-0.4, -0.2) is 27.3 Å². The van der Waals surface area contributed by atoms with E-state index in [1.54, 1.807) is 44.9 Å². The number of fused-ring (bicyclic) bond motifs is 2. The van der Waals surface area contributed by atoms with E-state index in [-0.39, 0.29) is 17.8 Å². The SMILES string of the molecule is CC1=CC(c2ccc(Cl)c(Cl)c2)n2nccc2N1C(=O)N1CCc2ccc([N+](=O)[O-])cc21. The first-order valence-corrected chi connectivity index (χ1v) is 10.7. The second-order valence-electron chi connectivity index (χ2n) is 7.65. The van der Waals surface area contributed by atoms with E-state index < -0.39 is 4.92 Å². The van der Waals surface area contributed by atoms with Crippen molar-refractivity contribution in [3.05, 3.63) is 91.7 Å². The van der Waals surface area contributed by atoms with Gasteiger partial charge in [-0.15, -0.1) is 0 Å². The predicted molar refractivity (Wildman–Crippen MR) is 123 cm³/mol. The number of anilines is 2. The van der Waals surface area contributed by atoms with Crippen LogP contribution < -0.4 is 9.80 Å². The van der Waals surface area contributed by atoms with Crippen molar-refractivity contribution in [2.45, 2.75) is 19.4 Å². The van der Waals surface area contributed by atoms with Crippen molar-refractivity contribution >= 4 is 46.4 Å². The lowest BCUT2D eigenvalue weighted by Gasteiger charge is -2.34. The zero-order valence-electron chi connectivity index (χ0n) is 16.9. The zero-order valence-corrected chi connectivity index (χ0v) is 18.4. The Hall–Kier alpha value is -3.36. The summed E-state index contributed by atoms with van der Waals surface area (Å²) in [6.45, 7) is 2.30. The number of halogens is 2. The Morgan fingerprint density at radius 3 is 2.72 bits per heavy atom. The topological polar surface area (TPSA) is 84.5 Å². The highest BCUT2D eigenvalue weighted by Gasteiger charge is 2.36. The van der Waals surface area contributed by atoms with Crippen LogP contribution in [0.4, 0.5) is 22.0 Å². The van der Waals surface area contributed by atoms with Crippen molar-refractivity contribution in [1.82, 2.24) is 9.78 Å². The molecule has 0 N–H and O–H groups in total. The number of carbonyl (C=O) groups excluding carboxylic acids is 1. The minimum atomic E-state index is -0.454. The molecule has 0 bridgehead atoms. The van der Waals surface area contributed by atoms with Gasteiger partial charge in [0.05, 0.1) is 32.9 Å². The van der Waals surface area contributed by atoms with Gasteiger partial charge in [-0.1, -0.05) is 35.3 Å². The lowest BCUT2D eigenvalue weighted by atomic mass is 10.0. The maximum atomic E-state index is 13.6. The largest absolute Gasteiger partial charge is 0.334 e. The molecule has 8 nitrogen and oxygen atoms in total. The normalized spacial score (nSPS) is 17.1. The van der Waals surface area contributed by atoms with Crippen LogP contribution in [-0.2, 0) is 6.42 Å². The summed E-state index contributed by atoms with van der Waals surface area (Å²) < 4.78 is 1.74. The fourth-order valence-corrected chi connectivity index (χ4v) is 4.54. The summed E-state index contributed by atoms with van der Waals surface area (Å²) in [6.07, 6.45) is 4.21. The second kappa shape index (κ2) is 7.65. The number of hydrogen-bond acceptors (Lipinski definition) is 4. The van der Waals surface area contributed by atoms with E-state index >= 15 is 0 Å². The molecule has 10 heteroatoms. The van der Waals surface area contributed by atoms with Crippen LogP contribution in [0.2, 0.25) is 10.0 Å². The first kappa shape index (κ1) is 20.5. The van der Waals surface area contributed by atoms with Gasteiger partial charge < -0.3 is 0 Å². The van der Waals surface area contributed by atoms with Gasteiger partial charge >= 0.3 is 6.03 Å². The van der Waals surface area contributed by atoms with Crippen LogP contribution in [0.15, 0.2) is 60.4 Å². The quantitative estimate of drug-likeness (QED) is 0.361. The molecular formula is C22H17Cl2N5O3. The fourth-order valence-electron chi connectivity index (χ4n) is 4.24. The number of nitro groups is 1. The molecule has 0 spiro atoms. The number of benzene rings is 2. The zero-order chi connectivity index (χ0) is 22.6. The third-order valence-corrected chi connectivity index (χ3v) is 6.52. The molecule has 5 rings (SSSR count). The Balaban J connectivity index is 1.53. The van der Waals surface area contributed by atoms with Gasteiger partial charge in [0.2, 0.25) is 0 Å². The molecule has 1 atom stereocenters. The number of rotatable bonds is 2. The molecule has 2 aliphatic heterocycles. The summed E-state index contributed by atoms with van der Waals surface area (Å²) in [4.78, 5) is 27.6. The van der Waals surface area contributed by atoms with E-state index in [2.05, 4.69) is 5.10 Å². The predicted octanol–water partition coefficient (Wildman–Crippen LogP) is 5.59. The highest BCUT2D eigenvalue weighted by Crippen LogP contribution is 2.38. The average Bonchev–Trinajstić information content (AvgIpc) is 3.41. The Kier molecular flexibility index (Phi) is 4.91. The maximum absolute atomic E-state index is 13.6. The van der Waals surface area contributed by atoms with E-state index in [4.69, 9.17) is 23.2 Å². The van der Waals surface area contributed by atoms with Crippen molar-refractivity contribution < 1.29 is 9.72 Å². The summed E-state index contributed by atoms with van der Waals surface area (Å²) >= 11 is 12.3. The highest BCUT2D eigenvalue weighted by molar-refractivity contribution is 6.42. The standard InChI is InChI=1S/C22H17Cl2N5O3/c1-13-10-20(15-3-5-17(23)18(24)11-15)28-21(6-8-25-28)27(13)22(30)26-9-7-14-2-4-16(29(31)32)12-19(14)26/h2-6,8,10-12,20H,7,9H2,1H3. The number of non-ortho nitro benzene ring substituents is 1. The maximum Gasteiger partial charge on any atom is 0.334 e. The third-order valence-electron chi connectivity index (χ3n) is 5.78. The van der Waals surface area contributed by atoms with E-state index in [9.17, 15) is 14.9 Å². The minimum absolute atomic E-state index is 0.0425. The summed E-state index contributed by atoms with van der Waals surface area (Å²) in [6, 6.07) is 11.3. The lowest BCUT2D eigenvalue weighted by molar-refractivity contribution is -0.384. The number of nitrogens with zero attached hydrogens (tertiary/aromatic N) is 5. The molecule has 1 aromatic heterocycles. The van der Waals surface area contributed by atoms with Gasteiger partial charge in [-0.05, 0) is 42.7 Å². The Bertz CT molecular complexity index is 1300. The number of aromatic nitrogens is 2. The van der Waals surface area contributed by atoms with Crippen LogP contribution in [0, 0.1) is 10.1 Å². The molecule has 32 heavy (non-hydrogen) atoms. The number of amides is 2. The molecule has 2 amide bonds. The van der Waals surface area contributed by atoms with Crippen molar-refractivity contribution in [2.24, 2.45) is 0 Å². The lowest BCUT2D eigenvalue weighted by Crippen LogP contribution is -2.44. The molecule has 1 unspecified atom stereocenters. The molecular weight excluding hydrogens is 453 g/mol. The van der Waals surface area contributed by atoms with Crippen molar-refractivity contribution in [3.8, 4) is 0 Å². The number of urea groups is 1. The molecule has 3 heterocycles. The first-order valence-electron chi connectivity index (χ1n) is 9.91. The van der Waals surface area contributed by atoms with Gasteiger partial charge in [-0.2, -0.15) is 5.10 Å². The van der Waals surface area contributed by atoms with E-state index in [0.29, 0.717) is 34.5 Å². The molecule has 2 aromatic carbocycles. The molecule has 0 radical (unpaired) electrons. The smallest absolute Gasteiger partial charge is 0.293 e. The van der Waals surface area contributed by atoms with E-state index in [1.807, 2.05) is 19.1 Å². The molecule has 2 aliphatic rings. The molecule has 0 saturated carbocycles. The molecule has 3 aromatic rings. The van der Waals surface area contributed by atoms with Crippen molar-refractivity contribution in [2.75, 3.05) is 16.3 Å². The van der Waals surface area contributed by atoms with Crippen LogP contribution in [0.5, 0.6) is 0 Å². The summed E-state index contributed by atoms with van der Waals surface area (Å²) in [7, 11) is 0. The van der Waals surface area contributed by atoms with E-state index in [1.165, 1.54) is 12.1 Å². The fraction of sp³-hybridized carbons (Fsp3) is 0.182. The number of allylic oxidation sites excluding steroid dienone is 2. The highest BCUT2D eigenvalue weighted by atomic mass is 35.5. The van der Waals surface area contributed by atoms with E-state index in [0.717, 1.165) is 16.8 Å². The summed E-state index contributed by atoms with van der Waals surface area (Å²) in [5, 5.41) is 16.6. The Morgan fingerprint density at radius 1 is 1.16 bits per heavy atom. The molecule has 0 saturated heterocycles. The van der Waals surface area contributed by atoms with Crippen molar-refractivity contribution in [3.63, 3.8) is 0 Å². The number of carbonyl (C=O) groups is 1. The minimum Gasteiger partial charge on any atom is -0.293 e. The monoisotopic (exact) mass is 469 g/mol. The van der Waals surface area contributed by atoms with Gasteiger partial charge in [0.15, 0.2) is 0 Å². The van der Waals surface area contributed by atoms with Gasteiger partial charge in [0.25, 0.3) is 5.69 Å². The van der Waals surface area contributed by atoms with Gasteiger partial charge in [0.1, 0.15) is 5.82 Å². The summed E-state index contributed by atoms with van der Waals surface area (Å²) in [5.74, 6) is 0.602. The van der Waals surface area contributed by atoms with Gasteiger partial charge in [-0.3, -0.25) is 19.9 Å². The number of nitro benzene ring substituents is 1. The Morgan fingerprint density at radius 2 is 1.97 bits per heavy atom. The summed E-state index contributed by atoms with van der Waals surface area (Å²) in [5.41, 5.74) is 3.04. The molecule has 0 aliphatic carbocycles. The van der Waals surface area contributed by atoms with Crippen LogP contribution in [0.1, 0.15) is 24.1 Å². The average molecular weight is 470 g/mol. The van der Waals surface area contributed by atoms with Gasteiger partial charge in [0, 0.05) is 30.4 Å². The first-order chi connectivity index (χ1) is 15.3. The molecule has 162 valence electrons. The van der Waals surface area contributed by atoms with Gasteiger partial charge in [-0.25, -0.2) is 9.48 Å². The van der Waals surface area contributed by atoms with Crippen LogP contribution in [0.3, 0.4) is 0 Å². The number of hydrogen-bond donors (Lipinski definition) is 0. The third kappa shape index (κ3) is 3.23. The van der Waals surface area contributed by atoms with Crippen LogP contribution in [0.25, 0.3) is 0 Å². The second-order valence-corrected chi connectivity index (χ2v) is 8.46. The van der Waals surface area contributed by atoms with Crippen LogP contribution >= 0.6 is 23.2 Å².